The standard InChI is InChI=1S/C24H34N4O3/c1-5-28(6-2)23(29)20-13-11-19(12-14-20)18-26-24(25-3)27-21-9-7-10-22(17-21)31-16-8-15-30-4/h7,9-14,17H,5-6,8,15-16,18H2,1-4H3,(H2,25,26,27). The SMILES string of the molecule is CCN(CC)C(=O)c1ccc(CNC(=NC)Nc2cccc(OCCCOC)c2)cc1. The molecule has 2 aromatic carbocycles. The number of methoxy groups -OCH3 is 1. The van der Waals surface area contributed by atoms with Crippen LogP contribution in [0.15, 0.2) is 53.5 Å². The lowest BCUT2D eigenvalue weighted by atomic mass is 10.1. The van der Waals surface area contributed by atoms with Gasteiger partial charge in [0.25, 0.3) is 5.91 Å². The summed E-state index contributed by atoms with van der Waals surface area (Å²) >= 11 is 0. The van der Waals surface area contributed by atoms with Gasteiger partial charge in [0.1, 0.15) is 5.75 Å². The van der Waals surface area contributed by atoms with Gasteiger partial charge >= 0.3 is 0 Å². The van der Waals surface area contributed by atoms with E-state index in [2.05, 4.69) is 15.6 Å². The maximum Gasteiger partial charge on any atom is 0.253 e. The van der Waals surface area contributed by atoms with E-state index in [9.17, 15) is 4.79 Å². The van der Waals surface area contributed by atoms with Crippen LogP contribution in [0.25, 0.3) is 0 Å². The van der Waals surface area contributed by atoms with Crippen molar-refractivity contribution in [3.63, 3.8) is 0 Å². The zero-order chi connectivity index (χ0) is 22.5. The molecule has 1 amide bonds. The number of ether oxygens (including phenoxy) is 2. The van der Waals surface area contributed by atoms with Crippen LogP contribution < -0.4 is 15.4 Å². The van der Waals surface area contributed by atoms with Gasteiger partial charge in [0.05, 0.1) is 6.61 Å². The van der Waals surface area contributed by atoms with Crippen molar-refractivity contribution in [2.24, 2.45) is 4.99 Å². The molecule has 0 aliphatic rings. The molecule has 0 unspecified atom stereocenters. The van der Waals surface area contributed by atoms with Gasteiger partial charge in [-0.2, -0.15) is 0 Å². The maximum absolute atomic E-state index is 12.4. The van der Waals surface area contributed by atoms with E-state index >= 15 is 0 Å². The van der Waals surface area contributed by atoms with Crippen LogP contribution in [0.4, 0.5) is 5.69 Å². The Morgan fingerprint density at radius 1 is 1.06 bits per heavy atom. The molecule has 168 valence electrons. The predicted octanol–water partition coefficient (Wildman–Crippen LogP) is 3.77. The Morgan fingerprint density at radius 3 is 2.45 bits per heavy atom. The Hall–Kier alpha value is -3.06. The number of nitrogens with zero attached hydrogens (tertiary/aromatic N) is 2. The molecule has 0 aliphatic heterocycles. The summed E-state index contributed by atoms with van der Waals surface area (Å²) < 4.78 is 10.8. The monoisotopic (exact) mass is 426 g/mol. The van der Waals surface area contributed by atoms with Crippen LogP contribution in [0, 0.1) is 0 Å². The molecule has 31 heavy (non-hydrogen) atoms. The van der Waals surface area contributed by atoms with Crippen molar-refractivity contribution < 1.29 is 14.3 Å². The third-order valence-electron chi connectivity index (χ3n) is 4.79. The highest BCUT2D eigenvalue weighted by molar-refractivity contribution is 5.94. The molecular formula is C24H34N4O3. The highest BCUT2D eigenvalue weighted by atomic mass is 16.5. The van der Waals surface area contributed by atoms with Crippen molar-refractivity contribution in [3.8, 4) is 5.75 Å². The number of carbonyl (C=O) groups is 1. The summed E-state index contributed by atoms with van der Waals surface area (Å²) in [6, 6.07) is 15.4. The second-order valence-electron chi connectivity index (χ2n) is 6.95. The third kappa shape index (κ3) is 7.94. The number of hydrogen-bond donors (Lipinski definition) is 2. The van der Waals surface area contributed by atoms with Gasteiger partial charge in [0.2, 0.25) is 0 Å². The average Bonchev–Trinajstić information content (AvgIpc) is 2.81. The topological polar surface area (TPSA) is 75.2 Å². The van der Waals surface area contributed by atoms with E-state index in [1.165, 1.54) is 0 Å². The van der Waals surface area contributed by atoms with Gasteiger partial charge < -0.3 is 25.0 Å². The van der Waals surface area contributed by atoms with Gasteiger partial charge in [0.15, 0.2) is 5.96 Å². The fourth-order valence-electron chi connectivity index (χ4n) is 3.02. The molecule has 0 aliphatic carbocycles. The second kappa shape index (κ2) is 13.3. The molecule has 7 nitrogen and oxygen atoms in total. The number of aliphatic imine (C=N–C) groups is 1. The number of benzene rings is 2. The number of anilines is 1. The number of guanidine groups is 1. The molecular weight excluding hydrogens is 392 g/mol. The fourth-order valence-corrected chi connectivity index (χ4v) is 3.02. The molecule has 2 rings (SSSR count). The van der Waals surface area contributed by atoms with Crippen LogP contribution in [0.2, 0.25) is 0 Å². The van der Waals surface area contributed by atoms with Crippen LogP contribution in [-0.2, 0) is 11.3 Å². The van der Waals surface area contributed by atoms with Crippen LogP contribution in [0.3, 0.4) is 0 Å². The highest BCUT2D eigenvalue weighted by Crippen LogP contribution is 2.17. The largest absolute Gasteiger partial charge is 0.493 e. The molecule has 0 fully saturated rings. The second-order valence-corrected chi connectivity index (χ2v) is 6.95. The number of amides is 1. The number of nitrogens with one attached hydrogen (secondary N) is 2. The fraction of sp³-hybridized carbons (Fsp3) is 0.417. The molecule has 0 bridgehead atoms. The highest BCUT2D eigenvalue weighted by Gasteiger charge is 2.12. The Kier molecular flexibility index (Phi) is 10.4. The van der Waals surface area contributed by atoms with E-state index in [0.29, 0.717) is 44.4 Å². The summed E-state index contributed by atoms with van der Waals surface area (Å²) in [5.74, 6) is 1.51. The first kappa shape index (κ1) is 24.2. The molecule has 0 atom stereocenters. The van der Waals surface area contributed by atoms with Gasteiger partial charge in [-0.1, -0.05) is 18.2 Å². The maximum atomic E-state index is 12.4. The average molecular weight is 427 g/mol. The summed E-state index contributed by atoms with van der Waals surface area (Å²) in [4.78, 5) is 18.5. The van der Waals surface area contributed by atoms with E-state index < -0.39 is 0 Å². The molecule has 0 heterocycles. The molecule has 0 radical (unpaired) electrons. The molecule has 0 spiro atoms. The zero-order valence-corrected chi connectivity index (χ0v) is 19.0. The van der Waals surface area contributed by atoms with E-state index in [-0.39, 0.29) is 5.91 Å². The van der Waals surface area contributed by atoms with E-state index in [1.54, 1.807) is 14.2 Å². The van der Waals surface area contributed by atoms with E-state index in [1.807, 2.05) is 67.3 Å². The summed E-state index contributed by atoms with van der Waals surface area (Å²) in [6.07, 6.45) is 0.844. The molecule has 2 aromatic rings. The van der Waals surface area contributed by atoms with E-state index in [4.69, 9.17) is 9.47 Å². The molecule has 7 heteroatoms. The number of carbonyl (C=O) groups excluding carboxylic acids is 1. The first-order valence-corrected chi connectivity index (χ1v) is 10.7. The van der Waals surface area contributed by atoms with Crippen molar-refractivity contribution in [1.82, 2.24) is 10.2 Å². The van der Waals surface area contributed by atoms with Gasteiger partial charge in [-0.3, -0.25) is 9.79 Å². The first-order chi connectivity index (χ1) is 15.1. The Morgan fingerprint density at radius 2 is 1.81 bits per heavy atom. The van der Waals surface area contributed by atoms with Crippen LogP contribution in [0.1, 0.15) is 36.2 Å². The Balaban J connectivity index is 1.89. The summed E-state index contributed by atoms with van der Waals surface area (Å²) in [7, 11) is 3.41. The Labute approximate surface area is 185 Å². The molecule has 0 aromatic heterocycles. The Bertz CT molecular complexity index is 833. The van der Waals surface area contributed by atoms with Crippen LogP contribution in [-0.4, -0.2) is 57.2 Å². The van der Waals surface area contributed by atoms with Gasteiger partial charge in [-0.25, -0.2) is 0 Å². The summed E-state index contributed by atoms with van der Waals surface area (Å²) in [5, 5.41) is 6.57. The van der Waals surface area contributed by atoms with Crippen molar-refractivity contribution in [3.05, 3.63) is 59.7 Å². The smallest absolute Gasteiger partial charge is 0.253 e. The third-order valence-corrected chi connectivity index (χ3v) is 4.79. The lowest BCUT2D eigenvalue weighted by Gasteiger charge is -2.18. The minimum absolute atomic E-state index is 0.0614. The number of hydrogen-bond acceptors (Lipinski definition) is 4. The van der Waals surface area contributed by atoms with Crippen molar-refractivity contribution >= 4 is 17.6 Å². The molecule has 0 saturated carbocycles. The zero-order valence-electron chi connectivity index (χ0n) is 19.0. The summed E-state index contributed by atoms with van der Waals surface area (Å²) in [6.45, 7) is 7.27. The van der Waals surface area contributed by atoms with Gasteiger partial charge in [-0.05, 0) is 43.7 Å². The lowest BCUT2D eigenvalue weighted by molar-refractivity contribution is 0.0773. The van der Waals surface area contributed by atoms with Crippen LogP contribution in [0.5, 0.6) is 5.75 Å². The van der Waals surface area contributed by atoms with Crippen molar-refractivity contribution in [2.45, 2.75) is 26.8 Å². The van der Waals surface area contributed by atoms with Gasteiger partial charge in [0, 0.05) is 64.1 Å². The quantitative estimate of drug-likeness (QED) is 0.325. The van der Waals surface area contributed by atoms with E-state index in [0.717, 1.165) is 23.4 Å². The number of rotatable bonds is 11. The summed E-state index contributed by atoms with van der Waals surface area (Å²) in [5.41, 5.74) is 2.66. The minimum Gasteiger partial charge on any atom is -0.493 e. The first-order valence-electron chi connectivity index (χ1n) is 10.7. The molecule has 0 saturated heterocycles. The van der Waals surface area contributed by atoms with Gasteiger partial charge in [-0.15, -0.1) is 0 Å². The van der Waals surface area contributed by atoms with Crippen molar-refractivity contribution in [2.75, 3.05) is 45.8 Å². The molecule has 2 N–H and O–H groups in total. The van der Waals surface area contributed by atoms with Crippen LogP contribution >= 0.6 is 0 Å². The minimum atomic E-state index is 0.0614. The lowest BCUT2D eigenvalue weighted by Crippen LogP contribution is -2.31. The predicted molar refractivity (Wildman–Crippen MR) is 126 cm³/mol. The van der Waals surface area contributed by atoms with Crippen molar-refractivity contribution in [1.29, 1.82) is 0 Å². The normalized spacial score (nSPS) is 11.2.